The normalized spacial score (nSPS) is 12.8. The van der Waals surface area contributed by atoms with Crippen LogP contribution in [0.5, 0.6) is 0 Å². The molecule has 0 aliphatic carbocycles. The van der Waals surface area contributed by atoms with Crippen molar-refractivity contribution in [1.29, 1.82) is 0 Å². The molecular weight excluding hydrogens is 259 g/mol. The zero-order chi connectivity index (χ0) is 14.7. The molecule has 2 aromatic rings. The predicted octanol–water partition coefficient (Wildman–Crippen LogP) is 2.44. The Kier molecular flexibility index (Phi) is 4.39. The number of aromatic nitrogens is 1. The van der Waals surface area contributed by atoms with Crippen LogP contribution in [0.2, 0.25) is 0 Å². The van der Waals surface area contributed by atoms with Crippen LogP contribution in [0.3, 0.4) is 0 Å². The first-order valence-electron chi connectivity index (χ1n) is 6.70. The van der Waals surface area contributed by atoms with Crippen LogP contribution in [-0.2, 0) is 0 Å². The lowest BCUT2D eigenvalue weighted by Crippen LogP contribution is -2.38. The van der Waals surface area contributed by atoms with Crippen molar-refractivity contribution in [1.82, 2.24) is 10.3 Å². The van der Waals surface area contributed by atoms with Crippen molar-refractivity contribution in [2.45, 2.75) is 26.3 Å². The molecule has 5 heteroatoms. The maximum absolute atomic E-state index is 13.6. The Morgan fingerprint density at radius 1 is 1.45 bits per heavy atom. The Bertz CT molecular complexity index is 607. The van der Waals surface area contributed by atoms with Gasteiger partial charge in [0.25, 0.3) is 5.91 Å². The van der Waals surface area contributed by atoms with Crippen LogP contribution in [0.15, 0.2) is 24.3 Å². The molecule has 108 valence electrons. The van der Waals surface area contributed by atoms with Crippen molar-refractivity contribution < 1.29 is 14.3 Å². The maximum Gasteiger partial charge on any atom is 0.268 e. The number of H-pyrrole nitrogens is 1. The van der Waals surface area contributed by atoms with Gasteiger partial charge in [0, 0.05) is 10.9 Å². The number of carbonyl (C=O) groups is 1. The number of aliphatic hydroxyl groups is 1. The smallest absolute Gasteiger partial charge is 0.268 e. The standard InChI is InChI=1S/C15H19FN2O2/c1-9(2)6-10(8-19)17-15(20)14-7-11-12(16)4-3-5-13(11)18-14/h3-5,7,9-10,18-19H,6,8H2,1-2H3,(H,17,20). The second kappa shape index (κ2) is 6.05. The molecule has 0 aliphatic heterocycles. The Balaban J connectivity index is 2.16. The number of hydrogen-bond donors (Lipinski definition) is 3. The van der Waals surface area contributed by atoms with Gasteiger partial charge in [-0.25, -0.2) is 4.39 Å². The number of aromatic amines is 1. The van der Waals surface area contributed by atoms with Crippen LogP contribution >= 0.6 is 0 Å². The van der Waals surface area contributed by atoms with E-state index in [0.717, 1.165) is 0 Å². The predicted molar refractivity (Wildman–Crippen MR) is 76.1 cm³/mol. The van der Waals surface area contributed by atoms with E-state index in [1.54, 1.807) is 12.1 Å². The fraction of sp³-hybridized carbons (Fsp3) is 0.400. The number of carbonyl (C=O) groups excluding carboxylic acids is 1. The number of rotatable bonds is 5. The lowest BCUT2D eigenvalue weighted by atomic mass is 10.0. The first kappa shape index (κ1) is 14.5. The van der Waals surface area contributed by atoms with Crippen LogP contribution in [0.4, 0.5) is 4.39 Å². The molecule has 20 heavy (non-hydrogen) atoms. The third kappa shape index (κ3) is 3.17. The molecule has 0 aliphatic rings. The van der Waals surface area contributed by atoms with Crippen LogP contribution in [-0.4, -0.2) is 28.6 Å². The molecule has 0 saturated carbocycles. The molecule has 0 saturated heterocycles. The fourth-order valence-corrected chi connectivity index (χ4v) is 2.25. The van der Waals surface area contributed by atoms with Crippen molar-refractivity contribution >= 4 is 16.8 Å². The van der Waals surface area contributed by atoms with Crippen LogP contribution in [0.25, 0.3) is 10.9 Å². The molecule has 0 spiro atoms. The highest BCUT2D eigenvalue weighted by Crippen LogP contribution is 2.18. The number of amides is 1. The van der Waals surface area contributed by atoms with Gasteiger partial charge in [-0.15, -0.1) is 0 Å². The van der Waals surface area contributed by atoms with Crippen molar-refractivity contribution in [2.24, 2.45) is 5.92 Å². The van der Waals surface area contributed by atoms with Gasteiger partial charge in [0.15, 0.2) is 0 Å². The number of nitrogens with one attached hydrogen (secondary N) is 2. The number of benzene rings is 1. The molecule has 1 aromatic carbocycles. The second-order valence-electron chi connectivity index (χ2n) is 5.37. The molecule has 0 bridgehead atoms. The Hall–Kier alpha value is -1.88. The minimum absolute atomic E-state index is 0.113. The molecule has 1 aromatic heterocycles. The van der Waals surface area contributed by atoms with Gasteiger partial charge >= 0.3 is 0 Å². The van der Waals surface area contributed by atoms with E-state index in [0.29, 0.717) is 28.9 Å². The summed E-state index contributed by atoms with van der Waals surface area (Å²) in [7, 11) is 0. The SMILES string of the molecule is CC(C)CC(CO)NC(=O)c1cc2c(F)cccc2[nH]1. The van der Waals surface area contributed by atoms with E-state index >= 15 is 0 Å². The minimum Gasteiger partial charge on any atom is -0.394 e. The highest BCUT2D eigenvalue weighted by atomic mass is 19.1. The Morgan fingerprint density at radius 3 is 2.80 bits per heavy atom. The molecular formula is C15H19FN2O2. The van der Waals surface area contributed by atoms with E-state index in [4.69, 9.17) is 0 Å². The third-order valence-corrected chi connectivity index (χ3v) is 3.17. The molecule has 1 atom stereocenters. The highest BCUT2D eigenvalue weighted by Gasteiger charge is 2.16. The molecule has 1 unspecified atom stereocenters. The first-order chi connectivity index (χ1) is 9.51. The van der Waals surface area contributed by atoms with Crippen molar-refractivity contribution in [3.63, 3.8) is 0 Å². The summed E-state index contributed by atoms with van der Waals surface area (Å²) in [6, 6.07) is 5.85. The number of aliphatic hydroxyl groups excluding tert-OH is 1. The van der Waals surface area contributed by atoms with Crippen LogP contribution in [0, 0.1) is 11.7 Å². The second-order valence-corrected chi connectivity index (χ2v) is 5.37. The maximum atomic E-state index is 13.6. The number of halogens is 1. The van der Waals surface area contributed by atoms with Gasteiger partial charge in [-0.3, -0.25) is 4.79 Å². The highest BCUT2D eigenvalue weighted by molar-refractivity contribution is 5.98. The Labute approximate surface area is 117 Å². The number of fused-ring (bicyclic) bond motifs is 1. The zero-order valence-corrected chi connectivity index (χ0v) is 11.6. The molecule has 0 radical (unpaired) electrons. The van der Waals surface area contributed by atoms with Gasteiger partial charge in [-0.2, -0.15) is 0 Å². The molecule has 2 rings (SSSR count). The summed E-state index contributed by atoms with van der Waals surface area (Å²) in [6.45, 7) is 3.93. The van der Waals surface area contributed by atoms with Crippen LogP contribution in [0.1, 0.15) is 30.8 Å². The summed E-state index contributed by atoms with van der Waals surface area (Å²) >= 11 is 0. The van der Waals surface area contributed by atoms with Gasteiger partial charge in [-0.1, -0.05) is 19.9 Å². The minimum atomic E-state index is -0.362. The van der Waals surface area contributed by atoms with E-state index < -0.39 is 0 Å². The van der Waals surface area contributed by atoms with Gasteiger partial charge in [0.05, 0.1) is 12.6 Å². The first-order valence-corrected chi connectivity index (χ1v) is 6.70. The Morgan fingerprint density at radius 2 is 2.20 bits per heavy atom. The lowest BCUT2D eigenvalue weighted by molar-refractivity contribution is 0.0904. The lowest BCUT2D eigenvalue weighted by Gasteiger charge is -2.17. The molecule has 4 nitrogen and oxygen atoms in total. The molecule has 3 N–H and O–H groups in total. The van der Waals surface area contributed by atoms with Gasteiger partial charge in [0.1, 0.15) is 11.5 Å². The van der Waals surface area contributed by atoms with E-state index in [1.165, 1.54) is 12.1 Å². The summed E-state index contributed by atoms with van der Waals surface area (Å²) < 4.78 is 13.6. The molecule has 0 fully saturated rings. The van der Waals surface area contributed by atoms with Gasteiger partial charge in [-0.05, 0) is 30.5 Å². The monoisotopic (exact) mass is 278 g/mol. The summed E-state index contributed by atoms with van der Waals surface area (Å²) in [6.07, 6.45) is 0.691. The van der Waals surface area contributed by atoms with E-state index in [9.17, 15) is 14.3 Å². The van der Waals surface area contributed by atoms with Crippen molar-refractivity contribution in [3.8, 4) is 0 Å². The average molecular weight is 278 g/mol. The van der Waals surface area contributed by atoms with Crippen molar-refractivity contribution in [2.75, 3.05) is 6.61 Å². The van der Waals surface area contributed by atoms with Crippen LogP contribution < -0.4 is 5.32 Å². The summed E-state index contributed by atoms with van der Waals surface area (Å²) in [5.41, 5.74) is 0.881. The largest absolute Gasteiger partial charge is 0.394 e. The quantitative estimate of drug-likeness (QED) is 0.786. The number of hydrogen-bond acceptors (Lipinski definition) is 2. The van der Waals surface area contributed by atoms with E-state index in [-0.39, 0.29) is 24.4 Å². The summed E-state index contributed by atoms with van der Waals surface area (Å²) in [5.74, 6) is -0.327. The van der Waals surface area contributed by atoms with Gasteiger partial charge in [0.2, 0.25) is 0 Å². The average Bonchev–Trinajstić information content (AvgIpc) is 2.83. The third-order valence-electron chi connectivity index (χ3n) is 3.17. The van der Waals surface area contributed by atoms with E-state index in [1.807, 2.05) is 13.8 Å². The van der Waals surface area contributed by atoms with Gasteiger partial charge < -0.3 is 15.4 Å². The fourth-order valence-electron chi connectivity index (χ4n) is 2.25. The topological polar surface area (TPSA) is 65.1 Å². The summed E-state index contributed by atoms with van der Waals surface area (Å²) in [4.78, 5) is 15.0. The molecule has 1 heterocycles. The summed E-state index contributed by atoms with van der Waals surface area (Å²) in [5, 5.41) is 12.4. The van der Waals surface area contributed by atoms with E-state index in [2.05, 4.69) is 10.3 Å². The zero-order valence-electron chi connectivity index (χ0n) is 11.6. The molecule has 1 amide bonds. The van der Waals surface area contributed by atoms with Crippen molar-refractivity contribution in [3.05, 3.63) is 35.8 Å².